The molecule has 120 valence electrons. The van der Waals surface area contributed by atoms with Crippen molar-refractivity contribution >= 4 is 22.5 Å². The van der Waals surface area contributed by atoms with Gasteiger partial charge >= 0.3 is 0 Å². The van der Waals surface area contributed by atoms with Crippen LogP contribution in [0.4, 0.5) is 8.78 Å². The molecule has 0 radical (unpaired) electrons. The number of thioether (sulfide) groups is 1. The average Bonchev–Trinajstić information content (AvgIpc) is 3.02. The lowest BCUT2D eigenvalue weighted by atomic mass is 10.0. The summed E-state index contributed by atoms with van der Waals surface area (Å²) in [6.45, 7) is -0.341. The van der Waals surface area contributed by atoms with Gasteiger partial charge in [-0.3, -0.25) is 0 Å². The maximum atomic E-state index is 11.9. The third kappa shape index (κ3) is 4.05. The fourth-order valence-corrected chi connectivity index (χ4v) is 2.76. The smallest absolute Gasteiger partial charge is 0.276 e. The Morgan fingerprint density at radius 2 is 1.91 bits per heavy atom. The molecule has 7 heteroatoms. The van der Waals surface area contributed by atoms with Crippen molar-refractivity contribution in [3.8, 4) is 11.5 Å². The third-order valence-electron chi connectivity index (χ3n) is 3.12. The van der Waals surface area contributed by atoms with Crippen molar-refractivity contribution in [3.05, 3.63) is 42.5 Å². The largest absolute Gasteiger partial charge is 0.411 e. The van der Waals surface area contributed by atoms with Gasteiger partial charge in [0.2, 0.25) is 5.89 Å². The van der Waals surface area contributed by atoms with Crippen molar-refractivity contribution in [2.24, 2.45) is 0 Å². The zero-order valence-corrected chi connectivity index (χ0v) is 12.9. The standard InChI is InChI=1S/C16H14F2N2O2S/c17-14(18)10-21-8-9-23-16-20-19-15(22-16)13-7-3-5-11-4-1-2-6-12(11)13/h1-7,14H,8-10H2. The molecule has 3 aromatic rings. The van der Waals surface area contributed by atoms with Crippen LogP contribution in [-0.2, 0) is 4.74 Å². The Morgan fingerprint density at radius 3 is 2.78 bits per heavy atom. The molecule has 0 bridgehead atoms. The van der Waals surface area contributed by atoms with Crippen LogP contribution in [-0.4, -0.2) is 35.6 Å². The van der Waals surface area contributed by atoms with Gasteiger partial charge in [-0.05, 0) is 16.8 Å². The molecule has 0 aliphatic carbocycles. The van der Waals surface area contributed by atoms with Gasteiger partial charge in [0.05, 0.1) is 6.61 Å². The summed E-state index contributed by atoms with van der Waals surface area (Å²) in [6.07, 6.45) is -2.44. The van der Waals surface area contributed by atoms with Crippen LogP contribution in [0.1, 0.15) is 0 Å². The highest BCUT2D eigenvalue weighted by Gasteiger charge is 2.12. The molecule has 0 saturated heterocycles. The van der Waals surface area contributed by atoms with Crippen molar-refractivity contribution in [3.63, 3.8) is 0 Å². The summed E-state index contributed by atoms with van der Waals surface area (Å²) >= 11 is 1.28. The Labute approximate surface area is 135 Å². The van der Waals surface area contributed by atoms with E-state index in [9.17, 15) is 8.78 Å². The van der Waals surface area contributed by atoms with E-state index in [1.807, 2.05) is 42.5 Å². The van der Waals surface area contributed by atoms with E-state index < -0.39 is 13.0 Å². The highest BCUT2D eigenvalue weighted by molar-refractivity contribution is 7.99. The number of hydrogen-bond acceptors (Lipinski definition) is 5. The van der Waals surface area contributed by atoms with E-state index in [0.717, 1.165) is 16.3 Å². The number of hydrogen-bond donors (Lipinski definition) is 0. The van der Waals surface area contributed by atoms with Gasteiger partial charge in [-0.25, -0.2) is 8.78 Å². The molecule has 0 saturated carbocycles. The molecular formula is C16H14F2N2O2S. The van der Waals surface area contributed by atoms with Gasteiger partial charge in [0, 0.05) is 11.3 Å². The highest BCUT2D eigenvalue weighted by Crippen LogP contribution is 2.29. The first-order valence-corrected chi connectivity index (χ1v) is 8.03. The first-order chi connectivity index (χ1) is 11.2. The van der Waals surface area contributed by atoms with E-state index in [0.29, 0.717) is 16.9 Å². The number of alkyl halides is 2. The first kappa shape index (κ1) is 15.9. The molecule has 1 heterocycles. The van der Waals surface area contributed by atoms with Gasteiger partial charge in [-0.1, -0.05) is 48.2 Å². The summed E-state index contributed by atoms with van der Waals surface area (Å²) in [5.74, 6) is 0.918. The van der Waals surface area contributed by atoms with E-state index >= 15 is 0 Å². The van der Waals surface area contributed by atoms with Crippen LogP contribution < -0.4 is 0 Å². The summed E-state index contributed by atoms with van der Waals surface area (Å²) in [6, 6.07) is 13.8. The first-order valence-electron chi connectivity index (χ1n) is 7.04. The summed E-state index contributed by atoms with van der Waals surface area (Å²) in [5, 5.41) is 10.6. The lowest BCUT2D eigenvalue weighted by Crippen LogP contribution is -2.06. The summed E-state index contributed by atoms with van der Waals surface area (Å²) < 4.78 is 34.3. The van der Waals surface area contributed by atoms with Crippen LogP contribution in [0.3, 0.4) is 0 Å². The van der Waals surface area contributed by atoms with E-state index in [1.54, 1.807) is 0 Å². The number of ether oxygens (including phenoxy) is 1. The van der Waals surface area contributed by atoms with Crippen molar-refractivity contribution in [1.29, 1.82) is 0 Å². The third-order valence-corrected chi connectivity index (χ3v) is 3.91. The van der Waals surface area contributed by atoms with Gasteiger partial charge in [-0.2, -0.15) is 0 Å². The van der Waals surface area contributed by atoms with Gasteiger partial charge in [-0.15, -0.1) is 10.2 Å². The number of halogens is 2. The maximum Gasteiger partial charge on any atom is 0.276 e. The van der Waals surface area contributed by atoms with E-state index in [1.165, 1.54) is 11.8 Å². The van der Waals surface area contributed by atoms with Gasteiger partial charge in [0.1, 0.15) is 6.61 Å². The van der Waals surface area contributed by atoms with E-state index in [4.69, 9.17) is 9.15 Å². The monoisotopic (exact) mass is 336 g/mol. The molecule has 0 aliphatic heterocycles. The quantitative estimate of drug-likeness (QED) is 0.476. The van der Waals surface area contributed by atoms with Crippen LogP contribution in [0.5, 0.6) is 0 Å². The second-order valence-electron chi connectivity index (χ2n) is 4.71. The molecule has 0 N–H and O–H groups in total. The number of benzene rings is 2. The lowest BCUT2D eigenvalue weighted by Gasteiger charge is -2.02. The molecule has 0 spiro atoms. The predicted octanol–water partition coefficient (Wildman–Crippen LogP) is 4.26. The van der Waals surface area contributed by atoms with Gasteiger partial charge in [0.15, 0.2) is 0 Å². The summed E-state index contributed by atoms with van der Waals surface area (Å²) in [7, 11) is 0. The number of fused-ring (bicyclic) bond motifs is 1. The minimum absolute atomic E-state index is 0.209. The van der Waals surface area contributed by atoms with Crippen molar-refractivity contribution in [1.82, 2.24) is 10.2 Å². The van der Waals surface area contributed by atoms with Crippen LogP contribution in [0.2, 0.25) is 0 Å². The molecule has 1 aromatic heterocycles. The van der Waals surface area contributed by atoms with Crippen molar-refractivity contribution in [2.75, 3.05) is 19.0 Å². The van der Waals surface area contributed by atoms with Crippen LogP contribution in [0.25, 0.3) is 22.2 Å². The zero-order valence-electron chi connectivity index (χ0n) is 12.1. The van der Waals surface area contributed by atoms with Crippen LogP contribution in [0, 0.1) is 0 Å². The topological polar surface area (TPSA) is 48.2 Å². The fourth-order valence-electron chi connectivity index (χ4n) is 2.15. The minimum atomic E-state index is -2.44. The van der Waals surface area contributed by atoms with Crippen LogP contribution in [0.15, 0.2) is 52.1 Å². The summed E-state index contributed by atoms with van der Waals surface area (Å²) in [5.41, 5.74) is 0.872. The van der Waals surface area contributed by atoms with Crippen molar-refractivity contribution < 1.29 is 17.9 Å². The molecular weight excluding hydrogens is 322 g/mol. The second kappa shape index (κ2) is 7.52. The lowest BCUT2D eigenvalue weighted by molar-refractivity contribution is 0.0237. The minimum Gasteiger partial charge on any atom is -0.411 e. The molecule has 2 aromatic carbocycles. The Hall–Kier alpha value is -1.99. The van der Waals surface area contributed by atoms with E-state index in [-0.39, 0.29) is 6.61 Å². The van der Waals surface area contributed by atoms with Crippen molar-refractivity contribution in [2.45, 2.75) is 11.6 Å². The molecule has 0 amide bonds. The zero-order chi connectivity index (χ0) is 16.1. The Kier molecular flexibility index (Phi) is 5.19. The second-order valence-corrected chi connectivity index (χ2v) is 5.76. The van der Waals surface area contributed by atoms with Crippen LogP contribution >= 0.6 is 11.8 Å². The SMILES string of the molecule is FC(F)COCCSc1nnc(-c2cccc3ccccc23)o1. The molecule has 23 heavy (non-hydrogen) atoms. The Morgan fingerprint density at radius 1 is 1.09 bits per heavy atom. The summed E-state index contributed by atoms with van der Waals surface area (Å²) in [4.78, 5) is 0. The number of nitrogens with zero attached hydrogens (tertiary/aromatic N) is 2. The Balaban J connectivity index is 1.67. The number of rotatable bonds is 7. The Bertz CT molecular complexity index is 774. The molecule has 3 rings (SSSR count). The van der Waals surface area contributed by atoms with E-state index in [2.05, 4.69) is 10.2 Å². The molecule has 0 atom stereocenters. The molecule has 0 unspecified atom stereocenters. The fraction of sp³-hybridized carbons (Fsp3) is 0.250. The average molecular weight is 336 g/mol. The predicted molar refractivity (Wildman–Crippen MR) is 84.8 cm³/mol. The molecule has 0 aliphatic rings. The molecule has 4 nitrogen and oxygen atoms in total. The van der Waals surface area contributed by atoms with Gasteiger partial charge in [0.25, 0.3) is 11.6 Å². The maximum absolute atomic E-state index is 11.9. The number of aromatic nitrogens is 2. The van der Waals surface area contributed by atoms with Gasteiger partial charge < -0.3 is 9.15 Å². The normalized spacial score (nSPS) is 11.4. The molecule has 0 fully saturated rings. The highest BCUT2D eigenvalue weighted by atomic mass is 32.2.